The number of nitrogens with zero attached hydrogens (tertiary/aromatic N) is 1. The van der Waals surface area contributed by atoms with Gasteiger partial charge in [-0.3, -0.25) is 4.99 Å². The van der Waals surface area contributed by atoms with E-state index < -0.39 is 10.0 Å². The molecule has 2 aromatic rings. The smallest absolute Gasteiger partial charge is 0.240 e. The van der Waals surface area contributed by atoms with Gasteiger partial charge in [-0.25, -0.2) is 13.1 Å². The minimum absolute atomic E-state index is 0. The maximum atomic E-state index is 12.3. The van der Waals surface area contributed by atoms with E-state index in [0.29, 0.717) is 30.5 Å². The molecule has 3 N–H and O–H groups in total. The van der Waals surface area contributed by atoms with E-state index in [1.165, 1.54) is 0 Å². The van der Waals surface area contributed by atoms with Gasteiger partial charge in [0.2, 0.25) is 10.0 Å². The standard InChI is InChI=1S/C21H30N4O4S.HI/c1-16-5-8-18(9-6-16)30(26,27)25-14-13-24-21(22-2)23-12-11-17-7-10-19(28-3)20(15-17)29-4;/h5-10,15,25H,11-14H2,1-4H3,(H2,22,23,24);1H. The van der Waals surface area contributed by atoms with Crippen molar-refractivity contribution in [1.82, 2.24) is 15.4 Å². The van der Waals surface area contributed by atoms with Gasteiger partial charge in [-0.15, -0.1) is 24.0 Å². The number of sulfonamides is 1. The Morgan fingerprint density at radius 2 is 1.58 bits per heavy atom. The van der Waals surface area contributed by atoms with Crippen LogP contribution in [0.3, 0.4) is 0 Å². The SMILES string of the molecule is CN=C(NCCNS(=O)(=O)c1ccc(C)cc1)NCCc1ccc(OC)c(OC)c1.I. The van der Waals surface area contributed by atoms with Gasteiger partial charge in [0.15, 0.2) is 17.5 Å². The lowest BCUT2D eigenvalue weighted by molar-refractivity contribution is 0.354. The van der Waals surface area contributed by atoms with Crippen molar-refractivity contribution in [3.63, 3.8) is 0 Å². The Morgan fingerprint density at radius 3 is 2.19 bits per heavy atom. The molecule has 0 atom stereocenters. The van der Waals surface area contributed by atoms with Crippen LogP contribution in [0.4, 0.5) is 0 Å². The van der Waals surface area contributed by atoms with Gasteiger partial charge in [0, 0.05) is 26.7 Å². The predicted octanol–water partition coefficient (Wildman–Crippen LogP) is 2.32. The Balaban J connectivity index is 0.00000480. The van der Waals surface area contributed by atoms with Gasteiger partial charge in [0.1, 0.15) is 0 Å². The molecule has 0 aliphatic rings. The number of hydrogen-bond donors (Lipinski definition) is 3. The number of nitrogens with one attached hydrogen (secondary N) is 3. The monoisotopic (exact) mass is 562 g/mol. The maximum Gasteiger partial charge on any atom is 0.240 e. The number of aliphatic imine (C=N–C) groups is 1. The van der Waals surface area contributed by atoms with Crippen molar-refractivity contribution in [3.8, 4) is 11.5 Å². The van der Waals surface area contributed by atoms with E-state index in [-0.39, 0.29) is 35.4 Å². The summed E-state index contributed by atoms with van der Waals surface area (Å²) < 4.78 is 37.7. The summed E-state index contributed by atoms with van der Waals surface area (Å²) in [5.41, 5.74) is 2.11. The van der Waals surface area contributed by atoms with E-state index in [1.807, 2.05) is 25.1 Å². The van der Waals surface area contributed by atoms with Crippen molar-refractivity contribution in [3.05, 3.63) is 53.6 Å². The highest BCUT2D eigenvalue weighted by Gasteiger charge is 2.12. The van der Waals surface area contributed by atoms with Crippen LogP contribution in [-0.4, -0.2) is 55.3 Å². The van der Waals surface area contributed by atoms with Gasteiger partial charge < -0.3 is 20.1 Å². The lowest BCUT2D eigenvalue weighted by atomic mass is 10.1. The predicted molar refractivity (Wildman–Crippen MR) is 134 cm³/mol. The fourth-order valence-corrected chi connectivity index (χ4v) is 3.78. The number of aryl methyl sites for hydroxylation is 1. The van der Waals surface area contributed by atoms with E-state index in [9.17, 15) is 8.42 Å². The van der Waals surface area contributed by atoms with Crippen molar-refractivity contribution in [2.24, 2.45) is 4.99 Å². The molecular formula is C21H31IN4O4S. The second-order valence-corrected chi connectivity index (χ2v) is 8.34. The Labute approximate surface area is 201 Å². The molecular weight excluding hydrogens is 531 g/mol. The summed E-state index contributed by atoms with van der Waals surface area (Å²) in [7, 11) is 1.37. The molecule has 0 fully saturated rings. The van der Waals surface area contributed by atoms with Gasteiger partial charge >= 0.3 is 0 Å². The number of rotatable bonds is 10. The van der Waals surface area contributed by atoms with E-state index in [0.717, 1.165) is 17.5 Å². The van der Waals surface area contributed by atoms with Crippen LogP contribution in [0, 0.1) is 6.92 Å². The van der Waals surface area contributed by atoms with Crippen molar-refractivity contribution in [1.29, 1.82) is 0 Å². The zero-order chi connectivity index (χ0) is 22.0. The summed E-state index contributed by atoms with van der Waals surface area (Å²) >= 11 is 0. The van der Waals surface area contributed by atoms with E-state index in [4.69, 9.17) is 9.47 Å². The van der Waals surface area contributed by atoms with Crippen LogP contribution in [0.5, 0.6) is 11.5 Å². The molecule has 0 unspecified atom stereocenters. The molecule has 0 bridgehead atoms. The summed E-state index contributed by atoms with van der Waals surface area (Å²) in [6.45, 7) is 3.22. The van der Waals surface area contributed by atoms with E-state index in [2.05, 4.69) is 20.3 Å². The lowest BCUT2D eigenvalue weighted by Gasteiger charge is -2.13. The topological polar surface area (TPSA) is 101 Å². The third-order valence-electron chi connectivity index (χ3n) is 4.42. The van der Waals surface area contributed by atoms with E-state index in [1.54, 1.807) is 45.5 Å². The second kappa shape index (κ2) is 13.4. The average Bonchev–Trinajstić information content (AvgIpc) is 2.75. The Morgan fingerprint density at radius 1 is 0.935 bits per heavy atom. The third kappa shape index (κ3) is 8.54. The minimum Gasteiger partial charge on any atom is -0.493 e. The van der Waals surface area contributed by atoms with Crippen molar-refractivity contribution in [2.75, 3.05) is 40.9 Å². The van der Waals surface area contributed by atoms with Crippen LogP contribution in [0.1, 0.15) is 11.1 Å². The minimum atomic E-state index is -3.52. The van der Waals surface area contributed by atoms with Gasteiger partial charge in [0.25, 0.3) is 0 Å². The summed E-state index contributed by atoms with van der Waals surface area (Å²) in [6, 6.07) is 12.5. The molecule has 8 nitrogen and oxygen atoms in total. The van der Waals surface area contributed by atoms with Crippen molar-refractivity contribution >= 4 is 40.0 Å². The Kier molecular flexibility index (Phi) is 11.6. The highest BCUT2D eigenvalue weighted by atomic mass is 127. The maximum absolute atomic E-state index is 12.3. The van der Waals surface area contributed by atoms with Crippen LogP contribution >= 0.6 is 24.0 Å². The highest BCUT2D eigenvalue weighted by molar-refractivity contribution is 14.0. The van der Waals surface area contributed by atoms with Crippen molar-refractivity contribution in [2.45, 2.75) is 18.2 Å². The zero-order valence-electron chi connectivity index (χ0n) is 18.3. The second-order valence-electron chi connectivity index (χ2n) is 6.58. The number of benzene rings is 2. The van der Waals surface area contributed by atoms with Crippen LogP contribution in [0.25, 0.3) is 0 Å². The molecule has 0 saturated heterocycles. The van der Waals surface area contributed by atoms with Crippen molar-refractivity contribution < 1.29 is 17.9 Å². The van der Waals surface area contributed by atoms with E-state index >= 15 is 0 Å². The molecule has 0 amide bonds. The first kappa shape index (κ1) is 27.0. The van der Waals surface area contributed by atoms with Crippen LogP contribution in [0.15, 0.2) is 52.4 Å². The van der Waals surface area contributed by atoms with Gasteiger partial charge in [0.05, 0.1) is 19.1 Å². The molecule has 0 saturated carbocycles. The number of methoxy groups -OCH3 is 2. The molecule has 2 rings (SSSR count). The van der Waals surface area contributed by atoms with Crippen LogP contribution in [0.2, 0.25) is 0 Å². The number of guanidine groups is 1. The fraction of sp³-hybridized carbons (Fsp3) is 0.381. The summed E-state index contributed by atoms with van der Waals surface area (Å²) in [6.07, 6.45) is 0.765. The quantitative estimate of drug-likeness (QED) is 0.178. The molecule has 0 aliphatic heterocycles. The summed E-state index contributed by atoms with van der Waals surface area (Å²) in [5, 5.41) is 6.31. The first-order chi connectivity index (χ1) is 14.4. The molecule has 0 radical (unpaired) electrons. The zero-order valence-corrected chi connectivity index (χ0v) is 21.4. The summed E-state index contributed by atoms with van der Waals surface area (Å²) in [4.78, 5) is 4.41. The summed E-state index contributed by atoms with van der Waals surface area (Å²) in [5.74, 6) is 1.99. The lowest BCUT2D eigenvalue weighted by Crippen LogP contribution is -2.42. The Bertz CT molecular complexity index is 950. The molecule has 10 heteroatoms. The Hall–Kier alpha value is -2.05. The highest BCUT2D eigenvalue weighted by Crippen LogP contribution is 2.27. The molecule has 0 aromatic heterocycles. The molecule has 2 aromatic carbocycles. The third-order valence-corrected chi connectivity index (χ3v) is 5.90. The molecule has 0 aliphatic carbocycles. The number of halogens is 1. The first-order valence-corrected chi connectivity index (χ1v) is 11.1. The van der Waals surface area contributed by atoms with Gasteiger partial charge in [-0.05, 0) is 43.2 Å². The number of ether oxygens (including phenoxy) is 2. The normalized spacial score (nSPS) is 11.4. The molecule has 172 valence electrons. The fourth-order valence-electron chi connectivity index (χ4n) is 2.75. The van der Waals surface area contributed by atoms with Gasteiger partial charge in [-0.1, -0.05) is 23.8 Å². The molecule has 31 heavy (non-hydrogen) atoms. The molecule has 0 heterocycles. The largest absolute Gasteiger partial charge is 0.493 e. The van der Waals surface area contributed by atoms with Gasteiger partial charge in [-0.2, -0.15) is 0 Å². The molecule has 0 spiro atoms. The number of hydrogen-bond acceptors (Lipinski definition) is 5. The van der Waals surface area contributed by atoms with Crippen LogP contribution < -0.4 is 24.8 Å². The van der Waals surface area contributed by atoms with Crippen LogP contribution in [-0.2, 0) is 16.4 Å². The first-order valence-electron chi connectivity index (χ1n) is 9.61. The average molecular weight is 562 g/mol.